The van der Waals surface area contributed by atoms with Gasteiger partial charge in [0.25, 0.3) is 0 Å². The molecule has 0 fully saturated rings. The molecule has 2 N–H and O–H groups in total. The van der Waals surface area contributed by atoms with E-state index in [1.165, 1.54) is 33.5 Å². The number of esters is 1. The average Bonchev–Trinajstić information content (AvgIpc) is 3.30. The predicted octanol–water partition coefficient (Wildman–Crippen LogP) is 3.16. The molecule has 1 aliphatic heterocycles. The lowest BCUT2D eigenvalue weighted by molar-refractivity contribution is -0.133. The van der Waals surface area contributed by atoms with Gasteiger partial charge in [-0.15, -0.1) is 0 Å². The molecular formula is C30H26N2O7S2. The van der Waals surface area contributed by atoms with Crippen molar-refractivity contribution in [3.63, 3.8) is 0 Å². The first-order valence-electron chi connectivity index (χ1n) is 12.3. The molecule has 5 rings (SSSR count). The quantitative estimate of drug-likeness (QED) is 0.323. The number of ether oxygens (including phenoxy) is 3. The van der Waals surface area contributed by atoms with Gasteiger partial charge in [-0.3, -0.25) is 9.36 Å². The third-order valence-electron chi connectivity index (χ3n) is 6.58. The Balaban J connectivity index is 1.91. The van der Waals surface area contributed by atoms with E-state index in [9.17, 15) is 18.0 Å². The van der Waals surface area contributed by atoms with Crippen molar-refractivity contribution in [2.24, 2.45) is 0 Å². The van der Waals surface area contributed by atoms with Gasteiger partial charge >= 0.3 is 5.97 Å². The van der Waals surface area contributed by atoms with Crippen molar-refractivity contribution in [2.75, 3.05) is 27.1 Å². The maximum atomic E-state index is 14.3. The number of nitrogens with two attached hydrogens (primary N) is 1. The number of nitrogen functional groups attached to an aromatic ring is 1. The fourth-order valence-electron chi connectivity index (χ4n) is 4.63. The smallest absolute Gasteiger partial charge is 0.346 e. The highest BCUT2D eigenvalue weighted by atomic mass is 32.2. The van der Waals surface area contributed by atoms with Crippen molar-refractivity contribution in [1.82, 2.24) is 4.57 Å². The maximum Gasteiger partial charge on any atom is 0.346 e. The molecule has 11 heteroatoms. The highest BCUT2D eigenvalue weighted by Crippen LogP contribution is 2.41. The lowest BCUT2D eigenvalue weighted by atomic mass is 10.1. The summed E-state index contributed by atoms with van der Waals surface area (Å²) in [6.07, 6.45) is 1.62. The minimum Gasteiger partial charge on any atom is -0.497 e. The normalized spacial score (nSPS) is 15.4. The molecule has 0 amide bonds. The molecule has 41 heavy (non-hydrogen) atoms. The Morgan fingerprint density at radius 2 is 1.59 bits per heavy atom. The van der Waals surface area contributed by atoms with E-state index < -0.39 is 32.0 Å². The summed E-state index contributed by atoms with van der Waals surface area (Å²) in [5.41, 5.74) is 7.57. The molecular weight excluding hydrogens is 564 g/mol. The zero-order valence-electron chi connectivity index (χ0n) is 22.4. The van der Waals surface area contributed by atoms with E-state index in [4.69, 9.17) is 19.9 Å². The lowest BCUT2D eigenvalue weighted by Gasteiger charge is -2.24. The van der Waals surface area contributed by atoms with Gasteiger partial charge in [0, 0.05) is 5.22 Å². The van der Waals surface area contributed by atoms with Gasteiger partial charge in [-0.2, -0.15) is 0 Å². The number of fused-ring (bicyclic) bond motifs is 1. The maximum absolute atomic E-state index is 14.3. The Morgan fingerprint density at radius 3 is 2.24 bits per heavy atom. The Bertz CT molecular complexity index is 1900. The molecule has 0 bridgehead atoms. The second-order valence-electron chi connectivity index (χ2n) is 8.99. The summed E-state index contributed by atoms with van der Waals surface area (Å²) in [7, 11) is -0.0905. The van der Waals surface area contributed by atoms with Crippen molar-refractivity contribution < 1.29 is 32.2 Å². The standard InChI is InChI=1S/C30H26N2O7S2/c1-37-20-11-7-9-18(15-20)16-23-24(31)29(41(35,36)22-13-5-4-6-14-22)32-25(23)27(30(34)39-3)40-26(28(32)33)19-10-8-12-21(17-19)38-2/h4-17,26H,31H2,1-3H3/b23-16+/t26-/m1/s1. The van der Waals surface area contributed by atoms with Gasteiger partial charge in [0.05, 0.1) is 37.3 Å². The SMILES string of the molecule is COC(=O)C1=c2/c(=C/c3cccc(OC)c3)c(N)c(S(=O)(=O)c3ccccc3)n2C(=O)[C@@H](c2cccc(OC)c2)S1. The molecule has 1 atom stereocenters. The van der Waals surface area contributed by atoms with Gasteiger partial charge in [-0.1, -0.05) is 54.2 Å². The molecule has 0 spiro atoms. The third kappa shape index (κ3) is 4.98. The third-order valence-corrected chi connectivity index (χ3v) is 9.69. The summed E-state index contributed by atoms with van der Waals surface area (Å²) >= 11 is 0.969. The topological polar surface area (TPSA) is 127 Å². The van der Waals surface area contributed by atoms with Crippen LogP contribution in [0.4, 0.5) is 5.69 Å². The van der Waals surface area contributed by atoms with Gasteiger partial charge in [0.15, 0.2) is 5.03 Å². The largest absolute Gasteiger partial charge is 0.497 e. The Hall–Kier alpha value is -4.48. The number of hydrogen-bond acceptors (Lipinski definition) is 9. The number of hydrogen-bond donors (Lipinski definition) is 1. The Labute approximate surface area is 240 Å². The zero-order valence-corrected chi connectivity index (χ0v) is 24.0. The molecule has 1 aromatic heterocycles. The van der Waals surface area contributed by atoms with Crippen molar-refractivity contribution in [3.05, 3.63) is 101 Å². The predicted molar refractivity (Wildman–Crippen MR) is 156 cm³/mol. The Kier molecular flexibility index (Phi) is 7.65. The number of carbonyl (C=O) groups is 2. The van der Waals surface area contributed by atoms with Crippen LogP contribution >= 0.6 is 11.8 Å². The van der Waals surface area contributed by atoms with Crippen LogP contribution in [0.15, 0.2) is 88.8 Å². The lowest BCUT2D eigenvalue weighted by Crippen LogP contribution is -2.42. The molecule has 210 valence electrons. The molecule has 0 unspecified atom stereocenters. The van der Waals surface area contributed by atoms with E-state index in [-0.39, 0.29) is 26.1 Å². The minimum atomic E-state index is -4.33. The van der Waals surface area contributed by atoms with Gasteiger partial charge in [-0.25, -0.2) is 13.2 Å². The fraction of sp³-hybridized carbons (Fsp3) is 0.133. The first-order chi connectivity index (χ1) is 19.7. The van der Waals surface area contributed by atoms with Crippen LogP contribution < -0.4 is 25.8 Å². The molecule has 0 radical (unpaired) electrons. The molecule has 9 nitrogen and oxygen atoms in total. The van der Waals surface area contributed by atoms with Crippen molar-refractivity contribution in [1.29, 1.82) is 0 Å². The van der Waals surface area contributed by atoms with Gasteiger partial charge in [0.2, 0.25) is 15.7 Å². The first kappa shape index (κ1) is 28.1. The van der Waals surface area contributed by atoms with E-state index in [1.807, 2.05) is 0 Å². The van der Waals surface area contributed by atoms with Gasteiger partial charge in [0.1, 0.15) is 21.7 Å². The molecule has 3 aromatic carbocycles. The summed E-state index contributed by atoms with van der Waals surface area (Å²) in [6, 6.07) is 21.5. The van der Waals surface area contributed by atoms with Crippen LogP contribution in [-0.4, -0.2) is 46.2 Å². The second kappa shape index (κ2) is 11.2. The van der Waals surface area contributed by atoms with E-state index >= 15 is 0 Å². The summed E-state index contributed by atoms with van der Waals surface area (Å²) in [6.45, 7) is 0. The van der Waals surface area contributed by atoms with Crippen LogP contribution in [0, 0.1) is 0 Å². The molecule has 2 heterocycles. The minimum absolute atomic E-state index is 0.0373. The number of nitrogens with zero attached hydrogens (tertiary/aromatic N) is 1. The highest BCUT2D eigenvalue weighted by molar-refractivity contribution is 8.10. The number of anilines is 1. The number of sulfone groups is 1. The van der Waals surface area contributed by atoms with Crippen LogP contribution in [-0.2, 0) is 19.4 Å². The van der Waals surface area contributed by atoms with Crippen LogP contribution in [0.5, 0.6) is 11.5 Å². The first-order valence-corrected chi connectivity index (χ1v) is 14.7. The molecule has 4 aromatic rings. The monoisotopic (exact) mass is 590 g/mol. The van der Waals surface area contributed by atoms with E-state index in [1.54, 1.807) is 72.8 Å². The van der Waals surface area contributed by atoms with Crippen LogP contribution in [0.1, 0.15) is 21.2 Å². The van der Waals surface area contributed by atoms with E-state index in [0.717, 1.165) is 16.3 Å². The molecule has 0 aliphatic carbocycles. The fourth-order valence-corrected chi connectivity index (χ4v) is 7.41. The number of carbonyl (C=O) groups excluding carboxylic acids is 2. The summed E-state index contributed by atoms with van der Waals surface area (Å²) < 4.78 is 45.0. The highest BCUT2D eigenvalue weighted by Gasteiger charge is 2.40. The average molecular weight is 591 g/mol. The number of thioether (sulfide) groups is 1. The van der Waals surface area contributed by atoms with Crippen molar-refractivity contribution in [3.8, 4) is 11.5 Å². The van der Waals surface area contributed by atoms with E-state index in [0.29, 0.717) is 22.6 Å². The van der Waals surface area contributed by atoms with E-state index in [2.05, 4.69) is 0 Å². The van der Waals surface area contributed by atoms with Gasteiger partial charge < -0.3 is 19.9 Å². The number of rotatable bonds is 7. The molecule has 0 saturated carbocycles. The van der Waals surface area contributed by atoms with Crippen molar-refractivity contribution >= 4 is 50.1 Å². The van der Waals surface area contributed by atoms with Crippen LogP contribution in [0.25, 0.3) is 11.0 Å². The van der Waals surface area contributed by atoms with Crippen LogP contribution in [0.2, 0.25) is 0 Å². The summed E-state index contributed by atoms with van der Waals surface area (Å²) in [5.74, 6) is -0.267. The number of methoxy groups -OCH3 is 3. The zero-order chi connectivity index (χ0) is 29.3. The summed E-state index contributed by atoms with van der Waals surface area (Å²) in [4.78, 5) is 27.5. The number of aromatic nitrogens is 1. The second-order valence-corrected chi connectivity index (χ2v) is 12.0. The van der Waals surface area contributed by atoms with Crippen molar-refractivity contribution in [2.45, 2.75) is 15.2 Å². The molecule has 1 aliphatic rings. The van der Waals surface area contributed by atoms with Gasteiger partial charge in [-0.05, 0) is 53.6 Å². The number of benzene rings is 3. The van der Waals surface area contributed by atoms with Crippen LogP contribution in [0.3, 0.4) is 0 Å². The molecule has 0 saturated heterocycles. The summed E-state index contributed by atoms with van der Waals surface area (Å²) in [5, 5.41) is -1.18. The Morgan fingerprint density at radius 1 is 0.927 bits per heavy atom.